The first-order valence-corrected chi connectivity index (χ1v) is 6.36. The normalized spacial score (nSPS) is 19.9. The minimum atomic E-state index is -0.994. The van der Waals surface area contributed by atoms with Gasteiger partial charge in [-0.15, -0.1) is 0 Å². The average molecular weight is 283 g/mol. The van der Waals surface area contributed by atoms with Crippen molar-refractivity contribution in [2.24, 2.45) is 5.92 Å². The van der Waals surface area contributed by atoms with E-state index in [9.17, 15) is 18.4 Å². The summed E-state index contributed by atoms with van der Waals surface area (Å²) in [6, 6.07) is 3.35. The topological polar surface area (TPSA) is 57.6 Å². The molecule has 1 fully saturated rings. The molecule has 1 aromatic rings. The molecule has 1 aliphatic rings. The van der Waals surface area contributed by atoms with Gasteiger partial charge in [-0.3, -0.25) is 9.59 Å². The quantitative estimate of drug-likeness (QED) is 0.923. The highest BCUT2D eigenvalue weighted by molar-refractivity contribution is 5.84. The number of carbonyl (C=O) groups is 2. The highest BCUT2D eigenvalue weighted by atomic mass is 19.2. The Bertz CT molecular complexity index is 547. The zero-order chi connectivity index (χ0) is 14.9. The molecule has 0 aliphatic carbocycles. The van der Waals surface area contributed by atoms with Crippen molar-refractivity contribution in [3.05, 3.63) is 35.4 Å². The van der Waals surface area contributed by atoms with Crippen LogP contribution < -0.4 is 0 Å². The number of hydrogen-bond acceptors (Lipinski definition) is 2. The van der Waals surface area contributed by atoms with Crippen molar-refractivity contribution in [1.29, 1.82) is 0 Å². The van der Waals surface area contributed by atoms with Crippen LogP contribution in [0.25, 0.3) is 0 Å². The fourth-order valence-corrected chi connectivity index (χ4v) is 2.36. The van der Waals surface area contributed by atoms with Gasteiger partial charge in [0.05, 0.1) is 11.8 Å². The molecule has 0 saturated carbocycles. The van der Waals surface area contributed by atoms with Gasteiger partial charge in [0.1, 0.15) is 0 Å². The molecule has 0 radical (unpaired) electrons. The molecule has 1 heterocycles. The van der Waals surface area contributed by atoms with E-state index in [1.54, 1.807) is 6.92 Å². The van der Waals surface area contributed by atoms with Crippen molar-refractivity contribution in [3.8, 4) is 0 Å². The van der Waals surface area contributed by atoms with E-state index in [-0.39, 0.29) is 12.5 Å². The van der Waals surface area contributed by atoms with E-state index in [0.29, 0.717) is 18.5 Å². The second-order valence-corrected chi connectivity index (χ2v) is 5.00. The predicted molar refractivity (Wildman–Crippen MR) is 67.1 cm³/mol. The number of aliphatic carboxylic acids is 1. The van der Waals surface area contributed by atoms with Gasteiger partial charge in [0.25, 0.3) is 0 Å². The van der Waals surface area contributed by atoms with E-state index in [1.165, 1.54) is 11.0 Å². The first-order valence-electron chi connectivity index (χ1n) is 6.36. The summed E-state index contributed by atoms with van der Waals surface area (Å²) in [7, 11) is 0. The van der Waals surface area contributed by atoms with E-state index in [0.717, 1.165) is 12.1 Å². The number of amides is 1. The summed E-state index contributed by atoms with van der Waals surface area (Å²) in [4.78, 5) is 24.6. The molecule has 20 heavy (non-hydrogen) atoms. The van der Waals surface area contributed by atoms with Crippen LogP contribution in [0.5, 0.6) is 0 Å². The van der Waals surface area contributed by atoms with Crippen molar-refractivity contribution in [1.82, 2.24) is 4.90 Å². The van der Waals surface area contributed by atoms with Crippen molar-refractivity contribution in [2.75, 3.05) is 13.1 Å². The molecule has 1 amide bonds. The Balaban J connectivity index is 2.09. The van der Waals surface area contributed by atoms with Crippen molar-refractivity contribution >= 4 is 11.9 Å². The third-order valence-corrected chi connectivity index (χ3v) is 3.66. The van der Waals surface area contributed by atoms with Crippen LogP contribution in [0.1, 0.15) is 24.8 Å². The molecule has 0 bridgehead atoms. The smallest absolute Gasteiger partial charge is 0.308 e. The maximum absolute atomic E-state index is 13.2. The molecule has 0 unspecified atom stereocenters. The van der Waals surface area contributed by atoms with Gasteiger partial charge in [-0.1, -0.05) is 6.07 Å². The minimum absolute atomic E-state index is 0.169. The summed E-state index contributed by atoms with van der Waals surface area (Å²) in [6.07, 6.45) is 0.422. The Labute approximate surface area is 115 Å². The summed E-state index contributed by atoms with van der Waals surface area (Å²) in [5.74, 6) is -4.30. The summed E-state index contributed by atoms with van der Waals surface area (Å²) in [6.45, 7) is 2.15. The lowest BCUT2D eigenvalue weighted by Crippen LogP contribution is -2.33. The molecule has 1 N–H and O–H groups in total. The Hall–Kier alpha value is -1.98. The fourth-order valence-electron chi connectivity index (χ4n) is 2.36. The first-order chi connectivity index (χ1) is 9.40. The van der Waals surface area contributed by atoms with Gasteiger partial charge in [0.2, 0.25) is 5.91 Å². The second-order valence-electron chi connectivity index (χ2n) is 5.00. The number of benzene rings is 1. The number of carboxylic acid groups (broad SMARTS) is 1. The molecule has 6 heteroatoms. The summed E-state index contributed by atoms with van der Waals surface area (Å²) < 4.78 is 26.0. The zero-order valence-electron chi connectivity index (χ0n) is 11.0. The molecule has 1 aromatic carbocycles. The van der Waals surface area contributed by atoms with Crippen LogP contribution in [-0.4, -0.2) is 35.0 Å². The molecule has 2 atom stereocenters. The maximum Gasteiger partial charge on any atom is 0.308 e. The fraction of sp³-hybridized carbons (Fsp3) is 0.429. The monoisotopic (exact) mass is 283 g/mol. The van der Waals surface area contributed by atoms with Crippen LogP contribution in [0.2, 0.25) is 0 Å². The van der Waals surface area contributed by atoms with E-state index >= 15 is 0 Å². The van der Waals surface area contributed by atoms with Crippen LogP contribution in [0, 0.1) is 17.6 Å². The zero-order valence-corrected chi connectivity index (χ0v) is 11.0. The minimum Gasteiger partial charge on any atom is -0.481 e. The first kappa shape index (κ1) is 14.4. The lowest BCUT2D eigenvalue weighted by Gasteiger charge is -2.21. The van der Waals surface area contributed by atoms with Gasteiger partial charge in [0, 0.05) is 13.1 Å². The lowest BCUT2D eigenvalue weighted by atomic mass is 9.99. The number of hydrogen-bond donors (Lipinski definition) is 1. The predicted octanol–water partition coefficient (Wildman–Crippen LogP) is 2.00. The van der Waals surface area contributed by atoms with Gasteiger partial charge < -0.3 is 10.0 Å². The largest absolute Gasteiger partial charge is 0.481 e. The summed E-state index contributed by atoms with van der Waals surface area (Å²) in [5, 5.41) is 8.91. The Morgan fingerprint density at radius 1 is 1.35 bits per heavy atom. The number of carboxylic acids is 1. The number of halogens is 2. The average Bonchev–Trinajstić information content (AvgIpc) is 2.90. The Kier molecular flexibility index (Phi) is 4.01. The molecule has 0 spiro atoms. The molecule has 1 aliphatic heterocycles. The third-order valence-electron chi connectivity index (χ3n) is 3.66. The van der Waals surface area contributed by atoms with Crippen LogP contribution >= 0.6 is 0 Å². The number of likely N-dealkylation sites (tertiary alicyclic amines) is 1. The van der Waals surface area contributed by atoms with Crippen LogP contribution in [0.4, 0.5) is 8.78 Å². The van der Waals surface area contributed by atoms with Gasteiger partial charge in [-0.2, -0.15) is 0 Å². The van der Waals surface area contributed by atoms with E-state index in [4.69, 9.17) is 5.11 Å². The maximum atomic E-state index is 13.2. The Morgan fingerprint density at radius 3 is 2.60 bits per heavy atom. The van der Waals surface area contributed by atoms with Gasteiger partial charge in [-0.25, -0.2) is 8.78 Å². The van der Waals surface area contributed by atoms with Crippen molar-refractivity contribution < 1.29 is 23.5 Å². The van der Waals surface area contributed by atoms with Gasteiger partial charge >= 0.3 is 5.97 Å². The summed E-state index contributed by atoms with van der Waals surface area (Å²) in [5.41, 5.74) is 0.382. The SMILES string of the molecule is C[C@@H](C(=O)N1CC[C@H](C(=O)O)C1)c1ccc(F)c(F)c1. The molecule has 2 rings (SSSR count). The van der Waals surface area contributed by atoms with Crippen LogP contribution in [-0.2, 0) is 9.59 Å². The molecular formula is C14H15F2NO3. The lowest BCUT2D eigenvalue weighted by molar-refractivity contribution is -0.141. The number of nitrogens with zero attached hydrogens (tertiary/aromatic N) is 1. The third kappa shape index (κ3) is 2.79. The van der Waals surface area contributed by atoms with Crippen LogP contribution in [0.3, 0.4) is 0 Å². The van der Waals surface area contributed by atoms with Crippen molar-refractivity contribution in [2.45, 2.75) is 19.3 Å². The highest BCUT2D eigenvalue weighted by Crippen LogP contribution is 2.24. The molecular weight excluding hydrogens is 268 g/mol. The van der Waals surface area contributed by atoms with E-state index < -0.39 is 29.4 Å². The standard InChI is InChI=1S/C14H15F2NO3/c1-8(9-2-3-11(15)12(16)6-9)13(18)17-5-4-10(7-17)14(19)20/h2-3,6,8,10H,4-5,7H2,1H3,(H,19,20)/t8-,10+/m1/s1. The molecule has 108 valence electrons. The van der Waals surface area contributed by atoms with Gasteiger partial charge in [-0.05, 0) is 31.0 Å². The summed E-state index contributed by atoms with van der Waals surface area (Å²) >= 11 is 0. The van der Waals surface area contributed by atoms with Crippen molar-refractivity contribution in [3.63, 3.8) is 0 Å². The molecule has 4 nitrogen and oxygen atoms in total. The molecule has 0 aromatic heterocycles. The van der Waals surface area contributed by atoms with Crippen LogP contribution in [0.15, 0.2) is 18.2 Å². The number of carbonyl (C=O) groups excluding carboxylic acids is 1. The number of rotatable bonds is 3. The molecule has 1 saturated heterocycles. The highest BCUT2D eigenvalue weighted by Gasteiger charge is 2.33. The Morgan fingerprint density at radius 2 is 2.05 bits per heavy atom. The second kappa shape index (κ2) is 5.56. The van der Waals surface area contributed by atoms with Gasteiger partial charge in [0.15, 0.2) is 11.6 Å². The van der Waals surface area contributed by atoms with E-state index in [2.05, 4.69) is 0 Å². The van der Waals surface area contributed by atoms with E-state index in [1.807, 2.05) is 0 Å².